The van der Waals surface area contributed by atoms with Crippen LogP contribution in [0, 0.1) is 0 Å². The van der Waals surface area contributed by atoms with E-state index in [-0.39, 0.29) is 22.5 Å². The number of likely N-dealkylation sites (N-methyl/N-ethyl adjacent to an activating group) is 1. The Morgan fingerprint density at radius 2 is 1.83 bits per heavy atom. The molecule has 164 valence electrons. The number of hydrogen-bond donors (Lipinski definition) is 1. The molecule has 1 fully saturated rings. The van der Waals surface area contributed by atoms with E-state index in [4.69, 9.17) is 0 Å². The van der Waals surface area contributed by atoms with Gasteiger partial charge in [-0.25, -0.2) is 0 Å². The summed E-state index contributed by atoms with van der Waals surface area (Å²) in [5, 5.41) is 11.8. The molecule has 3 rings (SSSR count). The zero-order valence-corrected chi connectivity index (χ0v) is 20.4. The predicted molar refractivity (Wildman–Crippen MR) is 127 cm³/mol. The van der Waals surface area contributed by atoms with E-state index in [1.54, 1.807) is 0 Å². The molecule has 1 N–H and O–H groups in total. The molecule has 1 aromatic rings. The van der Waals surface area contributed by atoms with Crippen molar-refractivity contribution in [1.82, 2.24) is 9.80 Å². The number of amides is 1. The maximum Gasteiger partial charge on any atom is 0.286 e. The van der Waals surface area contributed by atoms with Crippen LogP contribution in [-0.4, -0.2) is 59.2 Å². The molecule has 1 atom stereocenters. The van der Waals surface area contributed by atoms with Crippen molar-refractivity contribution < 1.29 is 9.90 Å². The van der Waals surface area contributed by atoms with E-state index < -0.39 is 0 Å². The van der Waals surface area contributed by atoms with Crippen LogP contribution in [-0.2, 0) is 15.6 Å². The number of likely N-dealkylation sites (tertiary alicyclic amines) is 1. The Balaban J connectivity index is 1.93. The average Bonchev–Trinajstić information content (AvgIpc) is 3.22. The Morgan fingerprint density at radius 1 is 1.17 bits per heavy atom. The summed E-state index contributed by atoms with van der Waals surface area (Å²) < 4.78 is 0. The lowest BCUT2D eigenvalue weighted by molar-refractivity contribution is -0.113. The Morgan fingerprint density at radius 3 is 2.37 bits per heavy atom. The van der Waals surface area contributed by atoms with Gasteiger partial charge in [-0.3, -0.25) is 4.79 Å². The second kappa shape index (κ2) is 8.04. The van der Waals surface area contributed by atoms with Crippen molar-refractivity contribution in [1.29, 1.82) is 0 Å². The summed E-state index contributed by atoms with van der Waals surface area (Å²) in [5.74, 6) is 0.0277. The van der Waals surface area contributed by atoms with Gasteiger partial charge in [0.1, 0.15) is 5.75 Å². The Hall–Kier alpha value is -1.79. The molecule has 0 radical (unpaired) electrons. The molecule has 1 saturated heterocycles. The lowest BCUT2D eigenvalue weighted by Gasteiger charge is -2.27. The van der Waals surface area contributed by atoms with Gasteiger partial charge in [-0.15, -0.1) is 0 Å². The van der Waals surface area contributed by atoms with Crippen LogP contribution in [0.4, 0.5) is 0 Å². The minimum absolute atomic E-state index is 0.0633. The highest BCUT2D eigenvalue weighted by atomic mass is 32.2. The van der Waals surface area contributed by atoms with Gasteiger partial charge in [-0.2, -0.15) is 4.99 Å². The van der Waals surface area contributed by atoms with E-state index in [2.05, 4.69) is 76.5 Å². The number of phenols is 1. The van der Waals surface area contributed by atoms with Crippen molar-refractivity contribution in [2.24, 2.45) is 4.99 Å². The number of carbonyl (C=O) groups is 1. The summed E-state index contributed by atoms with van der Waals surface area (Å²) in [5.41, 5.74) is 2.46. The smallest absolute Gasteiger partial charge is 0.286 e. The highest BCUT2D eigenvalue weighted by Gasteiger charge is 2.32. The van der Waals surface area contributed by atoms with Crippen LogP contribution in [0.1, 0.15) is 64.7 Å². The minimum atomic E-state index is -0.221. The predicted octanol–water partition coefficient (Wildman–Crippen LogP) is 4.59. The quantitative estimate of drug-likeness (QED) is 0.697. The van der Waals surface area contributed by atoms with Gasteiger partial charge in [-0.05, 0) is 60.8 Å². The van der Waals surface area contributed by atoms with Crippen LogP contribution in [0.15, 0.2) is 22.0 Å². The van der Waals surface area contributed by atoms with Crippen molar-refractivity contribution in [2.45, 2.75) is 64.8 Å². The Labute approximate surface area is 185 Å². The molecule has 1 aromatic carbocycles. The van der Waals surface area contributed by atoms with Crippen LogP contribution in [0.25, 0.3) is 6.08 Å². The van der Waals surface area contributed by atoms with Gasteiger partial charge in [-0.1, -0.05) is 47.6 Å². The fourth-order valence-electron chi connectivity index (χ4n) is 3.78. The maximum absolute atomic E-state index is 12.6. The van der Waals surface area contributed by atoms with E-state index in [0.29, 0.717) is 16.5 Å². The molecule has 30 heavy (non-hydrogen) atoms. The number of nitrogens with zero attached hydrogens (tertiary/aromatic N) is 3. The Kier molecular flexibility index (Phi) is 6.14. The number of phenolic OH excluding ortho intramolecular Hbond substituents is 1. The third-order valence-electron chi connectivity index (χ3n) is 5.87. The first-order valence-electron chi connectivity index (χ1n) is 10.6. The van der Waals surface area contributed by atoms with Gasteiger partial charge >= 0.3 is 0 Å². The molecule has 1 amide bonds. The number of carbonyl (C=O) groups excluding carboxylic acids is 1. The molecular weight excluding hydrogens is 394 g/mol. The normalized spacial score (nSPS) is 21.8. The van der Waals surface area contributed by atoms with Crippen molar-refractivity contribution >= 4 is 28.9 Å². The van der Waals surface area contributed by atoms with Gasteiger partial charge in [0.25, 0.3) is 5.91 Å². The molecule has 6 heteroatoms. The van der Waals surface area contributed by atoms with Crippen LogP contribution < -0.4 is 0 Å². The van der Waals surface area contributed by atoms with Crippen molar-refractivity contribution in [2.75, 3.05) is 27.2 Å². The molecular formula is C24H35N3O2S. The summed E-state index contributed by atoms with van der Waals surface area (Å²) in [6, 6.07) is 4.58. The van der Waals surface area contributed by atoms with Gasteiger partial charge in [0.05, 0.1) is 4.91 Å². The number of hydrogen-bond acceptors (Lipinski definition) is 5. The highest BCUT2D eigenvalue weighted by Crippen LogP contribution is 2.40. The first kappa shape index (κ1) is 22.9. The number of aromatic hydroxyl groups is 1. The SMILES string of the molecule is CN(C)[C@@H]1CCN(C2=NC(=O)/C(=C/c3cc(C(C)(C)C)cc(C(C)(C)C)c3O)S2)C1. The zero-order chi connectivity index (χ0) is 22.4. The third-order valence-corrected chi connectivity index (χ3v) is 6.92. The van der Waals surface area contributed by atoms with Gasteiger partial charge in [0, 0.05) is 30.3 Å². The fraction of sp³-hybridized carbons (Fsp3) is 0.583. The number of amidine groups is 1. The van der Waals surface area contributed by atoms with E-state index in [9.17, 15) is 9.90 Å². The van der Waals surface area contributed by atoms with Crippen LogP contribution in [0.3, 0.4) is 0 Å². The summed E-state index contributed by atoms with van der Waals surface area (Å²) in [4.78, 5) is 21.9. The second-order valence-corrected chi connectivity index (χ2v) is 11.6. The molecule has 0 unspecified atom stereocenters. The molecule has 5 nitrogen and oxygen atoms in total. The highest BCUT2D eigenvalue weighted by molar-refractivity contribution is 8.18. The molecule has 0 saturated carbocycles. The van der Waals surface area contributed by atoms with Gasteiger partial charge in [0.15, 0.2) is 5.17 Å². The topological polar surface area (TPSA) is 56.1 Å². The molecule has 2 aliphatic rings. The molecule has 0 aromatic heterocycles. The van der Waals surface area contributed by atoms with Crippen LogP contribution in [0.5, 0.6) is 5.75 Å². The summed E-state index contributed by atoms with van der Waals surface area (Å²) in [6.45, 7) is 14.6. The number of rotatable bonds is 2. The minimum Gasteiger partial charge on any atom is -0.507 e. The summed E-state index contributed by atoms with van der Waals surface area (Å²) in [6.07, 6.45) is 2.88. The standard InChI is InChI=1S/C24H35N3O2S/c1-23(2,3)16-11-15(20(28)18(13-16)24(4,5)6)12-19-21(29)25-22(30-19)27-10-9-17(14-27)26(7)8/h11-13,17,28H,9-10,14H2,1-8H3/b19-12-/t17-/m1/s1. The third kappa shape index (κ3) is 4.75. The monoisotopic (exact) mass is 429 g/mol. The van der Waals surface area contributed by atoms with E-state index in [0.717, 1.165) is 35.8 Å². The second-order valence-electron chi connectivity index (χ2n) is 10.6. The molecule has 0 spiro atoms. The van der Waals surface area contributed by atoms with Gasteiger partial charge in [0.2, 0.25) is 0 Å². The summed E-state index contributed by atoms with van der Waals surface area (Å²) >= 11 is 1.42. The van der Waals surface area contributed by atoms with E-state index in [1.165, 1.54) is 11.8 Å². The number of thioether (sulfide) groups is 1. The average molecular weight is 430 g/mol. The largest absolute Gasteiger partial charge is 0.507 e. The lowest BCUT2D eigenvalue weighted by atomic mass is 9.79. The lowest BCUT2D eigenvalue weighted by Crippen LogP contribution is -2.33. The molecule has 0 aliphatic carbocycles. The van der Waals surface area contributed by atoms with E-state index >= 15 is 0 Å². The van der Waals surface area contributed by atoms with Crippen LogP contribution in [0.2, 0.25) is 0 Å². The number of aliphatic imine (C=N–C) groups is 1. The van der Waals surface area contributed by atoms with Crippen molar-refractivity contribution in [3.05, 3.63) is 33.7 Å². The summed E-state index contributed by atoms with van der Waals surface area (Å²) in [7, 11) is 4.18. The maximum atomic E-state index is 12.6. The fourth-order valence-corrected chi connectivity index (χ4v) is 4.72. The number of benzene rings is 1. The van der Waals surface area contributed by atoms with Crippen molar-refractivity contribution in [3.63, 3.8) is 0 Å². The first-order valence-corrected chi connectivity index (χ1v) is 11.4. The molecule has 2 aliphatic heterocycles. The molecule has 2 heterocycles. The molecule has 0 bridgehead atoms. The Bertz CT molecular complexity index is 904. The van der Waals surface area contributed by atoms with E-state index in [1.807, 2.05) is 12.1 Å². The van der Waals surface area contributed by atoms with Crippen LogP contribution >= 0.6 is 11.8 Å². The zero-order valence-electron chi connectivity index (χ0n) is 19.5. The van der Waals surface area contributed by atoms with Crippen molar-refractivity contribution in [3.8, 4) is 5.75 Å². The van der Waals surface area contributed by atoms with Gasteiger partial charge < -0.3 is 14.9 Å². The first-order chi connectivity index (χ1) is 13.8.